The van der Waals surface area contributed by atoms with Crippen LogP contribution >= 0.6 is 0 Å². The number of carbonyl (C=O) groups excluding carboxylic acids is 1. The minimum Gasteiger partial charge on any atom is -0.493 e. The molecule has 3 N–H and O–H groups in total. The first-order chi connectivity index (χ1) is 17.9. The van der Waals surface area contributed by atoms with Crippen molar-refractivity contribution in [3.05, 3.63) is 59.9 Å². The number of carbonyl (C=O) groups is 1. The molecule has 0 bridgehead atoms. The number of pyridine rings is 2. The van der Waals surface area contributed by atoms with E-state index in [0.29, 0.717) is 29.4 Å². The number of rotatable bonds is 8. The van der Waals surface area contributed by atoms with Crippen molar-refractivity contribution in [1.29, 1.82) is 0 Å². The smallest absolute Gasteiger partial charge is 0.281 e. The fraction of sp³-hybridized carbons (Fsp3) is 0.370. The van der Waals surface area contributed by atoms with Gasteiger partial charge in [-0.2, -0.15) is 8.42 Å². The van der Waals surface area contributed by atoms with E-state index in [2.05, 4.69) is 9.71 Å². The van der Waals surface area contributed by atoms with E-state index in [1.807, 2.05) is 32.6 Å². The Labute approximate surface area is 225 Å². The van der Waals surface area contributed by atoms with Gasteiger partial charge >= 0.3 is 0 Å². The summed E-state index contributed by atoms with van der Waals surface area (Å²) < 4.78 is 48.0. The Morgan fingerprint density at radius 1 is 1.16 bits per heavy atom. The Morgan fingerprint density at radius 2 is 1.87 bits per heavy atom. The second-order valence-corrected chi connectivity index (χ2v) is 11.6. The van der Waals surface area contributed by atoms with E-state index in [9.17, 15) is 17.6 Å². The van der Waals surface area contributed by atoms with Crippen LogP contribution in [0.2, 0.25) is 0 Å². The van der Waals surface area contributed by atoms with Crippen molar-refractivity contribution in [2.24, 2.45) is 5.92 Å². The third kappa shape index (κ3) is 6.04. The second-order valence-electron chi connectivity index (χ2n) is 9.97. The van der Waals surface area contributed by atoms with E-state index in [1.54, 1.807) is 12.1 Å². The highest BCUT2D eigenvalue weighted by Gasteiger charge is 2.33. The summed E-state index contributed by atoms with van der Waals surface area (Å²) in [4.78, 5) is 23.9. The minimum absolute atomic E-state index is 0. The van der Waals surface area contributed by atoms with Gasteiger partial charge < -0.3 is 15.4 Å². The lowest BCUT2D eigenvalue weighted by Crippen LogP contribution is -2.37. The van der Waals surface area contributed by atoms with E-state index in [0.717, 1.165) is 12.8 Å². The number of benzene rings is 1. The molecule has 1 aliphatic rings. The Hall–Kier alpha value is -3.73. The molecule has 0 spiro atoms. The lowest BCUT2D eigenvalue weighted by molar-refractivity contribution is 0.0981. The molecule has 1 fully saturated rings. The molecule has 4 rings (SSSR count). The zero-order chi connectivity index (χ0) is 27.6. The molecule has 3 aromatic rings. The normalized spacial score (nSPS) is 17.6. The fourth-order valence-corrected chi connectivity index (χ4v) is 5.40. The third-order valence-electron chi connectivity index (χ3n) is 6.31. The van der Waals surface area contributed by atoms with Gasteiger partial charge in [-0.25, -0.2) is 19.1 Å². The largest absolute Gasteiger partial charge is 0.493 e. The summed E-state index contributed by atoms with van der Waals surface area (Å²) in [5.41, 5.74) is 6.61. The van der Waals surface area contributed by atoms with Gasteiger partial charge in [-0.15, -0.1) is 0 Å². The van der Waals surface area contributed by atoms with Crippen LogP contribution in [0.5, 0.6) is 5.75 Å². The molecule has 0 radical (unpaired) electrons. The molecule has 3 heterocycles. The molecule has 1 aromatic carbocycles. The quantitative estimate of drug-likeness (QED) is 0.410. The summed E-state index contributed by atoms with van der Waals surface area (Å²) in [7, 11) is -4.29. The van der Waals surface area contributed by atoms with Crippen LogP contribution in [0, 0.1) is 11.7 Å². The van der Waals surface area contributed by atoms with Crippen LogP contribution in [0.4, 0.5) is 16.0 Å². The number of hydrogen-bond acceptors (Lipinski definition) is 8. The van der Waals surface area contributed by atoms with E-state index in [-0.39, 0.29) is 37.3 Å². The minimum atomic E-state index is -4.29. The van der Waals surface area contributed by atoms with E-state index in [1.165, 1.54) is 36.4 Å². The van der Waals surface area contributed by atoms with Gasteiger partial charge in [0.25, 0.3) is 15.9 Å². The van der Waals surface area contributed by atoms with Gasteiger partial charge in [-0.05, 0) is 69.0 Å². The van der Waals surface area contributed by atoms with Gasteiger partial charge in [0.2, 0.25) is 0 Å². The molecule has 206 valence electrons. The van der Waals surface area contributed by atoms with Crippen molar-refractivity contribution in [1.82, 2.24) is 14.7 Å². The SMILES string of the molecule is CC(C)COc1cc(F)cc(-c2ccc(C(=O)NS(=O)(=O)c3cccc(N)n3)c(N3[C@H](C)CC[C@H]3C)n2)c1.[HH].[HH]. The number of sulfonamides is 1. The number of nitrogen functional groups attached to an aromatic ring is 1. The summed E-state index contributed by atoms with van der Waals surface area (Å²) >= 11 is 0. The number of aromatic nitrogens is 2. The highest BCUT2D eigenvalue weighted by molar-refractivity contribution is 7.90. The molecule has 2 aromatic heterocycles. The molecule has 9 nitrogen and oxygen atoms in total. The first-order valence-corrected chi connectivity index (χ1v) is 14.0. The molecule has 0 aliphatic carbocycles. The van der Waals surface area contributed by atoms with Crippen molar-refractivity contribution in [3.63, 3.8) is 0 Å². The maximum absolute atomic E-state index is 14.5. The Bertz CT molecular complexity index is 1450. The molecule has 1 saturated heterocycles. The molecule has 38 heavy (non-hydrogen) atoms. The fourth-order valence-electron chi connectivity index (χ4n) is 4.46. The summed E-state index contributed by atoms with van der Waals surface area (Å²) in [5, 5.41) is -0.367. The van der Waals surface area contributed by atoms with Gasteiger partial charge in [0.15, 0.2) is 5.03 Å². The molecule has 0 saturated carbocycles. The monoisotopic (exact) mass is 545 g/mol. The molecule has 1 aliphatic heterocycles. The predicted octanol–water partition coefficient (Wildman–Crippen LogP) is 4.89. The summed E-state index contributed by atoms with van der Waals surface area (Å²) in [6.07, 6.45) is 1.76. The standard InChI is InChI=1S/C27H32FN5O4S.2H2/c1-16(2)15-37-21-13-19(12-20(28)14-21)23-11-10-22(26(30-23)33-17(3)8-9-18(33)4)27(34)32-38(35,36)25-7-5-6-24(29)31-25;;/h5-7,10-14,16-18H,8-9,15H2,1-4H3,(H2,29,31)(H,32,34);2*1H/t17-,18-;;/m1../s1. The number of nitrogens with zero attached hydrogens (tertiary/aromatic N) is 3. The summed E-state index contributed by atoms with van der Waals surface area (Å²) in [6.45, 7) is 8.47. The average molecular weight is 546 g/mol. The predicted molar refractivity (Wildman–Crippen MR) is 148 cm³/mol. The van der Waals surface area contributed by atoms with E-state index < -0.39 is 21.7 Å². The van der Waals surface area contributed by atoms with Crippen molar-refractivity contribution in [2.45, 2.75) is 57.6 Å². The van der Waals surface area contributed by atoms with Gasteiger partial charge in [0.1, 0.15) is 23.2 Å². The Balaban J connectivity index is 0.00000280. The Morgan fingerprint density at radius 3 is 2.53 bits per heavy atom. The van der Waals surface area contributed by atoms with Crippen molar-refractivity contribution < 1.29 is 25.2 Å². The van der Waals surface area contributed by atoms with Gasteiger partial charge in [-0.3, -0.25) is 4.79 Å². The Kier molecular flexibility index (Phi) is 7.86. The zero-order valence-corrected chi connectivity index (χ0v) is 22.6. The number of nitrogens with one attached hydrogen (secondary N) is 1. The van der Waals surface area contributed by atoms with Gasteiger partial charge in [0.05, 0.1) is 17.9 Å². The highest BCUT2D eigenvalue weighted by atomic mass is 32.2. The van der Waals surface area contributed by atoms with Gasteiger partial charge in [-0.1, -0.05) is 19.9 Å². The van der Waals surface area contributed by atoms with Crippen LogP contribution in [0.1, 0.15) is 53.7 Å². The number of nitrogens with two attached hydrogens (primary N) is 1. The lowest BCUT2D eigenvalue weighted by Gasteiger charge is -2.29. The number of hydrogen-bond donors (Lipinski definition) is 2. The van der Waals surface area contributed by atoms with Gasteiger partial charge in [0, 0.05) is 26.6 Å². The first-order valence-electron chi connectivity index (χ1n) is 12.5. The number of anilines is 2. The average Bonchev–Trinajstić information content (AvgIpc) is 3.19. The third-order valence-corrected chi connectivity index (χ3v) is 7.55. The molecule has 1 amide bonds. The van der Waals surface area contributed by atoms with Crippen LogP contribution in [-0.4, -0.2) is 43.0 Å². The molecular formula is C27H36FN5O4S. The number of halogens is 1. The molecule has 11 heteroatoms. The molecule has 2 atom stereocenters. The highest BCUT2D eigenvalue weighted by Crippen LogP contribution is 2.34. The van der Waals surface area contributed by atoms with Crippen LogP contribution < -0.4 is 20.1 Å². The maximum Gasteiger partial charge on any atom is 0.281 e. The number of amides is 1. The van der Waals surface area contributed by atoms with Crippen LogP contribution in [0.3, 0.4) is 0 Å². The van der Waals surface area contributed by atoms with E-state index >= 15 is 0 Å². The zero-order valence-electron chi connectivity index (χ0n) is 21.8. The lowest BCUT2D eigenvalue weighted by atomic mass is 10.1. The second kappa shape index (κ2) is 10.9. The van der Waals surface area contributed by atoms with Crippen LogP contribution in [-0.2, 0) is 10.0 Å². The maximum atomic E-state index is 14.5. The van der Waals surface area contributed by atoms with Crippen molar-refractivity contribution in [2.75, 3.05) is 17.2 Å². The first kappa shape index (κ1) is 27.3. The molecular weight excluding hydrogens is 509 g/mol. The van der Waals surface area contributed by atoms with Crippen LogP contribution in [0.25, 0.3) is 11.3 Å². The molecule has 0 unspecified atom stereocenters. The van der Waals surface area contributed by atoms with Crippen LogP contribution in [0.15, 0.2) is 53.6 Å². The van der Waals surface area contributed by atoms with Crippen molar-refractivity contribution >= 4 is 27.6 Å². The van der Waals surface area contributed by atoms with Crippen molar-refractivity contribution in [3.8, 4) is 17.0 Å². The summed E-state index contributed by atoms with van der Waals surface area (Å²) in [5.74, 6) is -0.353. The topological polar surface area (TPSA) is 128 Å². The number of ether oxygens (including phenoxy) is 1. The van der Waals surface area contributed by atoms with E-state index in [4.69, 9.17) is 15.5 Å². The summed E-state index contributed by atoms with van der Waals surface area (Å²) in [6, 6.07) is 11.7.